The second-order valence-corrected chi connectivity index (χ2v) is 3.30. The van der Waals surface area contributed by atoms with E-state index >= 15 is 0 Å². The zero-order valence-corrected chi connectivity index (χ0v) is 6.99. The molecule has 2 N–H and O–H groups in total. The van der Waals surface area contributed by atoms with Crippen molar-refractivity contribution in [1.29, 1.82) is 0 Å². The van der Waals surface area contributed by atoms with Crippen molar-refractivity contribution >= 4 is 39.1 Å². The molecule has 2 rings (SSSR count). The molecular formula is C6H4ClN3S. The van der Waals surface area contributed by atoms with Gasteiger partial charge in [0.1, 0.15) is 4.83 Å². The zero-order valence-electron chi connectivity index (χ0n) is 5.41. The second kappa shape index (κ2) is 2.32. The number of hydrogen-bond donors (Lipinski definition) is 1. The van der Waals surface area contributed by atoms with Gasteiger partial charge in [-0.1, -0.05) is 11.6 Å². The van der Waals surface area contributed by atoms with Gasteiger partial charge in [0.15, 0.2) is 0 Å². The Morgan fingerprint density at radius 2 is 2.36 bits per heavy atom. The molecule has 2 heterocycles. The third-order valence-electron chi connectivity index (χ3n) is 1.30. The van der Waals surface area contributed by atoms with Crippen molar-refractivity contribution in [1.82, 2.24) is 9.97 Å². The van der Waals surface area contributed by atoms with E-state index in [9.17, 15) is 0 Å². The molecular weight excluding hydrogens is 182 g/mol. The van der Waals surface area contributed by atoms with Gasteiger partial charge in [-0.15, -0.1) is 11.3 Å². The van der Waals surface area contributed by atoms with Crippen LogP contribution in [0.3, 0.4) is 0 Å². The molecule has 0 aromatic carbocycles. The van der Waals surface area contributed by atoms with Crippen molar-refractivity contribution in [2.24, 2.45) is 0 Å². The second-order valence-electron chi connectivity index (χ2n) is 2.03. The van der Waals surface area contributed by atoms with Crippen LogP contribution in [0.2, 0.25) is 5.02 Å². The zero-order chi connectivity index (χ0) is 7.84. The minimum atomic E-state index is 0.288. The summed E-state index contributed by atoms with van der Waals surface area (Å²) in [5.74, 6) is 0.288. The van der Waals surface area contributed by atoms with E-state index in [2.05, 4.69) is 9.97 Å². The quantitative estimate of drug-likeness (QED) is 0.683. The Hall–Kier alpha value is -0.870. The van der Waals surface area contributed by atoms with Crippen molar-refractivity contribution < 1.29 is 0 Å². The molecule has 0 radical (unpaired) electrons. The predicted molar refractivity (Wildman–Crippen MR) is 46.8 cm³/mol. The van der Waals surface area contributed by atoms with Gasteiger partial charge < -0.3 is 5.73 Å². The molecule has 2 aromatic heterocycles. The highest BCUT2D eigenvalue weighted by molar-refractivity contribution is 7.17. The molecule has 0 aliphatic heterocycles. The molecule has 5 heteroatoms. The topological polar surface area (TPSA) is 51.8 Å². The highest BCUT2D eigenvalue weighted by Gasteiger charge is 2.02. The van der Waals surface area contributed by atoms with E-state index in [0.29, 0.717) is 5.02 Å². The molecule has 0 saturated heterocycles. The highest BCUT2D eigenvalue weighted by atomic mass is 35.5. The Kier molecular flexibility index (Phi) is 1.44. The molecule has 0 amide bonds. The maximum absolute atomic E-state index is 5.81. The summed E-state index contributed by atoms with van der Waals surface area (Å²) in [5, 5.41) is 3.37. The number of nitrogens with zero attached hydrogens (tertiary/aromatic N) is 2. The fraction of sp³-hybridized carbons (Fsp3) is 0. The Morgan fingerprint density at radius 1 is 1.55 bits per heavy atom. The van der Waals surface area contributed by atoms with Crippen molar-refractivity contribution in [2.45, 2.75) is 0 Å². The molecule has 3 nitrogen and oxygen atoms in total. The maximum atomic E-state index is 5.81. The lowest BCUT2D eigenvalue weighted by Gasteiger charge is -1.89. The van der Waals surface area contributed by atoms with Gasteiger partial charge in [0, 0.05) is 17.0 Å². The van der Waals surface area contributed by atoms with E-state index in [-0.39, 0.29) is 5.95 Å². The average molecular weight is 186 g/mol. The van der Waals surface area contributed by atoms with Crippen LogP contribution in [0.4, 0.5) is 5.95 Å². The summed E-state index contributed by atoms with van der Waals surface area (Å²) in [4.78, 5) is 8.66. The summed E-state index contributed by atoms with van der Waals surface area (Å²) in [6, 6.07) is 0. The third kappa shape index (κ3) is 1.04. The molecule has 11 heavy (non-hydrogen) atoms. The van der Waals surface area contributed by atoms with Crippen molar-refractivity contribution in [3.63, 3.8) is 0 Å². The molecule has 0 saturated carbocycles. The standard InChI is InChI=1S/C6H4ClN3S/c7-4-2-11-5-3(4)1-9-6(8)10-5/h1-2H,(H2,8,9,10). The molecule has 0 spiro atoms. The van der Waals surface area contributed by atoms with E-state index in [4.69, 9.17) is 17.3 Å². The number of halogens is 1. The minimum Gasteiger partial charge on any atom is -0.368 e. The Balaban J connectivity index is 2.86. The van der Waals surface area contributed by atoms with Crippen LogP contribution in [0.15, 0.2) is 11.6 Å². The Morgan fingerprint density at radius 3 is 3.18 bits per heavy atom. The molecule has 0 fully saturated rings. The monoisotopic (exact) mass is 185 g/mol. The predicted octanol–water partition coefficient (Wildman–Crippen LogP) is 1.93. The van der Waals surface area contributed by atoms with Gasteiger partial charge in [0.2, 0.25) is 5.95 Å². The normalized spacial score (nSPS) is 10.6. The fourth-order valence-electron chi connectivity index (χ4n) is 0.804. The van der Waals surface area contributed by atoms with E-state index < -0.39 is 0 Å². The van der Waals surface area contributed by atoms with Crippen LogP contribution in [0, 0.1) is 0 Å². The molecule has 0 bridgehead atoms. The van der Waals surface area contributed by atoms with Crippen LogP contribution in [0.5, 0.6) is 0 Å². The van der Waals surface area contributed by atoms with Gasteiger partial charge in [-0.05, 0) is 0 Å². The van der Waals surface area contributed by atoms with E-state index in [1.807, 2.05) is 5.38 Å². The first-order valence-electron chi connectivity index (χ1n) is 2.92. The van der Waals surface area contributed by atoms with Crippen molar-refractivity contribution in [3.8, 4) is 0 Å². The molecule has 0 aliphatic rings. The summed E-state index contributed by atoms with van der Waals surface area (Å²) in [5.41, 5.74) is 5.37. The van der Waals surface area contributed by atoms with Crippen LogP contribution >= 0.6 is 22.9 Å². The summed E-state index contributed by atoms with van der Waals surface area (Å²) in [7, 11) is 0. The van der Waals surface area contributed by atoms with Crippen molar-refractivity contribution in [2.75, 3.05) is 5.73 Å². The van der Waals surface area contributed by atoms with E-state index in [0.717, 1.165) is 10.2 Å². The van der Waals surface area contributed by atoms with Gasteiger partial charge in [-0.3, -0.25) is 0 Å². The summed E-state index contributed by atoms with van der Waals surface area (Å²) in [6.07, 6.45) is 1.64. The van der Waals surface area contributed by atoms with Crippen LogP contribution in [-0.2, 0) is 0 Å². The highest BCUT2D eigenvalue weighted by Crippen LogP contribution is 2.27. The largest absolute Gasteiger partial charge is 0.368 e. The molecule has 0 atom stereocenters. The minimum absolute atomic E-state index is 0.288. The summed E-state index contributed by atoms with van der Waals surface area (Å²) in [6.45, 7) is 0. The maximum Gasteiger partial charge on any atom is 0.221 e. The first-order chi connectivity index (χ1) is 5.27. The van der Waals surface area contributed by atoms with Crippen molar-refractivity contribution in [3.05, 3.63) is 16.6 Å². The van der Waals surface area contributed by atoms with Crippen LogP contribution in [-0.4, -0.2) is 9.97 Å². The molecule has 0 unspecified atom stereocenters. The summed E-state index contributed by atoms with van der Waals surface area (Å²) >= 11 is 7.28. The first-order valence-corrected chi connectivity index (χ1v) is 4.18. The van der Waals surface area contributed by atoms with Gasteiger partial charge >= 0.3 is 0 Å². The number of nitrogen functional groups attached to an aromatic ring is 1. The van der Waals surface area contributed by atoms with E-state index in [1.54, 1.807) is 6.20 Å². The smallest absolute Gasteiger partial charge is 0.221 e. The SMILES string of the molecule is Nc1ncc2c(Cl)csc2n1. The lowest BCUT2D eigenvalue weighted by molar-refractivity contribution is 1.25. The first kappa shape index (κ1) is 6.82. The molecule has 2 aromatic rings. The Labute approximate surface area is 71.8 Å². The van der Waals surface area contributed by atoms with Crippen LogP contribution in [0.1, 0.15) is 0 Å². The number of nitrogens with two attached hydrogens (primary N) is 1. The van der Waals surface area contributed by atoms with Gasteiger partial charge in [-0.2, -0.15) is 0 Å². The third-order valence-corrected chi connectivity index (χ3v) is 2.63. The van der Waals surface area contributed by atoms with Gasteiger partial charge in [0.05, 0.1) is 5.02 Å². The van der Waals surface area contributed by atoms with Gasteiger partial charge in [0.25, 0.3) is 0 Å². The fourth-order valence-corrected chi connectivity index (χ4v) is 1.91. The lowest BCUT2D eigenvalue weighted by Crippen LogP contribution is -1.91. The van der Waals surface area contributed by atoms with Crippen LogP contribution < -0.4 is 5.73 Å². The number of fused-ring (bicyclic) bond motifs is 1. The number of aromatic nitrogens is 2. The number of hydrogen-bond acceptors (Lipinski definition) is 4. The van der Waals surface area contributed by atoms with Gasteiger partial charge in [-0.25, -0.2) is 9.97 Å². The molecule has 56 valence electrons. The molecule has 0 aliphatic carbocycles. The summed E-state index contributed by atoms with van der Waals surface area (Å²) < 4.78 is 0. The number of thiophene rings is 1. The number of anilines is 1. The lowest BCUT2D eigenvalue weighted by atomic mass is 10.4. The van der Waals surface area contributed by atoms with Crippen LogP contribution in [0.25, 0.3) is 10.2 Å². The Bertz CT molecular complexity index is 398. The van der Waals surface area contributed by atoms with E-state index in [1.165, 1.54) is 11.3 Å². The number of rotatable bonds is 0. The average Bonchev–Trinajstić information content (AvgIpc) is 2.32.